The molecule has 180 valence electrons. The van der Waals surface area contributed by atoms with E-state index in [1.807, 2.05) is 12.1 Å². The molecule has 0 fully saturated rings. The Kier molecular flexibility index (Phi) is 6.37. The first-order valence-corrected chi connectivity index (χ1v) is 12.1. The van der Waals surface area contributed by atoms with Crippen LogP contribution < -0.4 is 20.7 Å². The Morgan fingerprint density at radius 1 is 1.29 bits per heavy atom. The van der Waals surface area contributed by atoms with Crippen LogP contribution >= 0.6 is 11.8 Å². The molecular weight excluding hydrogens is 468 g/mol. The summed E-state index contributed by atoms with van der Waals surface area (Å²) >= 11 is 1.47. The first-order chi connectivity index (χ1) is 16.9. The number of carbonyl (C=O) groups is 2. The van der Waals surface area contributed by atoms with Gasteiger partial charge in [-0.05, 0) is 43.2 Å². The predicted molar refractivity (Wildman–Crippen MR) is 132 cm³/mol. The van der Waals surface area contributed by atoms with E-state index in [-0.39, 0.29) is 18.4 Å². The lowest BCUT2D eigenvalue weighted by molar-refractivity contribution is -0.130. The van der Waals surface area contributed by atoms with Crippen molar-refractivity contribution in [3.05, 3.63) is 54.4 Å². The number of carbonyl (C=O) groups excluding carboxylic acids is 2. The molecular formula is C24H24N6O4S. The third kappa shape index (κ3) is 4.97. The van der Waals surface area contributed by atoms with Crippen molar-refractivity contribution in [2.45, 2.75) is 35.9 Å². The van der Waals surface area contributed by atoms with Crippen molar-refractivity contribution in [2.75, 3.05) is 23.5 Å². The minimum atomic E-state index is -1.64. The Balaban J connectivity index is 1.23. The molecule has 3 aromatic rings. The zero-order valence-corrected chi connectivity index (χ0v) is 19.8. The minimum absolute atomic E-state index is 0.0300. The molecule has 2 amide bonds. The number of aliphatic hydroxyl groups is 1. The smallest absolute Gasteiger partial charge is 0.260 e. The van der Waals surface area contributed by atoms with Crippen molar-refractivity contribution in [3.8, 4) is 5.88 Å². The second kappa shape index (κ2) is 9.61. The Labute approximate surface area is 205 Å². The average Bonchev–Trinajstić information content (AvgIpc) is 2.88. The summed E-state index contributed by atoms with van der Waals surface area (Å²) in [6.07, 6.45) is 5.70. The Hall–Kier alpha value is -3.54. The highest BCUT2D eigenvalue weighted by Gasteiger charge is 2.36. The molecule has 0 saturated carbocycles. The van der Waals surface area contributed by atoms with E-state index in [1.165, 1.54) is 24.9 Å². The van der Waals surface area contributed by atoms with E-state index in [0.29, 0.717) is 47.1 Å². The van der Waals surface area contributed by atoms with E-state index in [0.717, 1.165) is 10.6 Å². The van der Waals surface area contributed by atoms with Crippen LogP contribution in [0, 0.1) is 0 Å². The molecule has 3 aromatic heterocycles. The van der Waals surface area contributed by atoms with Crippen LogP contribution in [0.15, 0.2) is 53.6 Å². The van der Waals surface area contributed by atoms with Crippen molar-refractivity contribution in [3.63, 3.8) is 0 Å². The van der Waals surface area contributed by atoms with Gasteiger partial charge in [-0.1, -0.05) is 6.08 Å². The van der Waals surface area contributed by atoms with E-state index < -0.39 is 11.5 Å². The first kappa shape index (κ1) is 23.2. The predicted octanol–water partition coefficient (Wildman–Crippen LogP) is 2.26. The average molecular weight is 493 g/mol. The number of hydrogen-bond acceptors (Lipinski definition) is 9. The topological polar surface area (TPSA) is 138 Å². The molecule has 10 nitrogen and oxygen atoms in total. The number of methoxy groups -OCH3 is 1. The van der Waals surface area contributed by atoms with Gasteiger partial charge in [0.1, 0.15) is 11.3 Å². The minimum Gasteiger partial charge on any atom is -0.481 e. The number of pyridine rings is 3. The fourth-order valence-corrected chi connectivity index (χ4v) is 4.74. The van der Waals surface area contributed by atoms with Gasteiger partial charge in [0.05, 0.1) is 34.7 Å². The fraction of sp³-hybridized carbons (Fsp3) is 0.292. The lowest BCUT2D eigenvalue weighted by atomic mass is 9.87. The summed E-state index contributed by atoms with van der Waals surface area (Å²) in [4.78, 5) is 38.7. The fourth-order valence-electron chi connectivity index (χ4n) is 3.98. The van der Waals surface area contributed by atoms with E-state index >= 15 is 0 Å². The molecule has 11 heteroatoms. The van der Waals surface area contributed by atoms with Crippen LogP contribution in [0.4, 0.5) is 11.5 Å². The molecule has 1 aliphatic carbocycles. The molecule has 2 atom stereocenters. The van der Waals surface area contributed by atoms with Crippen molar-refractivity contribution >= 4 is 46.1 Å². The van der Waals surface area contributed by atoms with Crippen LogP contribution in [0.1, 0.15) is 18.5 Å². The van der Waals surface area contributed by atoms with Gasteiger partial charge in [-0.2, -0.15) is 0 Å². The van der Waals surface area contributed by atoms with Crippen LogP contribution in [0.2, 0.25) is 0 Å². The maximum atomic E-state index is 13.0. The van der Waals surface area contributed by atoms with Crippen LogP contribution in [0.5, 0.6) is 5.88 Å². The number of anilines is 2. The first-order valence-electron chi connectivity index (χ1n) is 11.1. The third-order valence-electron chi connectivity index (χ3n) is 5.93. The number of amides is 2. The van der Waals surface area contributed by atoms with Crippen LogP contribution in [0.25, 0.3) is 11.0 Å². The SMILES string of the molecule is COc1ccc2nccc(NC(=O)C3(O)C=CC(NCc4ccc5c(n4)NC(=O)CS5)CC3)c2n1. The molecule has 4 N–H and O–H groups in total. The number of aromatic nitrogens is 3. The third-order valence-corrected chi connectivity index (χ3v) is 6.97. The zero-order valence-electron chi connectivity index (χ0n) is 18.9. The summed E-state index contributed by atoms with van der Waals surface area (Å²) in [5, 5.41) is 19.9. The highest BCUT2D eigenvalue weighted by Crippen LogP contribution is 2.30. The summed E-state index contributed by atoms with van der Waals surface area (Å²) in [6, 6.07) is 8.94. The summed E-state index contributed by atoms with van der Waals surface area (Å²) < 4.78 is 5.17. The normalized spacial score (nSPS) is 21.3. The molecule has 0 radical (unpaired) electrons. The van der Waals surface area contributed by atoms with Crippen molar-refractivity contribution < 1.29 is 19.4 Å². The monoisotopic (exact) mass is 492 g/mol. The molecule has 2 unspecified atom stereocenters. The number of hydrogen-bond donors (Lipinski definition) is 4. The van der Waals surface area contributed by atoms with Crippen molar-refractivity contribution in [2.24, 2.45) is 0 Å². The van der Waals surface area contributed by atoms with Crippen molar-refractivity contribution in [1.29, 1.82) is 0 Å². The van der Waals surface area contributed by atoms with Gasteiger partial charge in [0.2, 0.25) is 11.8 Å². The van der Waals surface area contributed by atoms with Gasteiger partial charge in [0.25, 0.3) is 5.91 Å². The number of ether oxygens (including phenoxy) is 1. The molecule has 5 rings (SSSR count). The van der Waals surface area contributed by atoms with Gasteiger partial charge in [0, 0.05) is 24.8 Å². The van der Waals surface area contributed by atoms with Gasteiger partial charge in [-0.25, -0.2) is 9.97 Å². The maximum Gasteiger partial charge on any atom is 0.260 e. The standard InChI is InChI=1S/C24H24N6O4S/c1-34-20-5-3-16-21(30-20)17(8-11-25-16)28-23(32)24(33)9-6-14(7-10-24)26-12-15-2-4-18-22(27-15)29-19(31)13-35-18/h2-6,8-9,11,14,26,33H,7,10,12-13H2,1H3,(H,25,28,32)(H,27,29,31). The van der Waals surface area contributed by atoms with E-state index in [1.54, 1.807) is 30.5 Å². The van der Waals surface area contributed by atoms with E-state index in [4.69, 9.17) is 4.74 Å². The number of rotatable bonds is 6. The second-order valence-corrected chi connectivity index (χ2v) is 9.35. The van der Waals surface area contributed by atoms with E-state index in [2.05, 4.69) is 30.9 Å². The summed E-state index contributed by atoms with van der Waals surface area (Å²) in [7, 11) is 1.52. The summed E-state index contributed by atoms with van der Waals surface area (Å²) in [5.41, 5.74) is 0.692. The zero-order chi connectivity index (χ0) is 24.4. The lowest BCUT2D eigenvalue weighted by Crippen LogP contribution is -2.45. The largest absolute Gasteiger partial charge is 0.481 e. The molecule has 0 aromatic carbocycles. The molecule has 2 aliphatic rings. The number of nitrogens with one attached hydrogen (secondary N) is 3. The van der Waals surface area contributed by atoms with Crippen LogP contribution in [-0.4, -0.2) is 56.4 Å². The molecule has 0 saturated heterocycles. The summed E-state index contributed by atoms with van der Waals surface area (Å²) in [5.74, 6) is 0.807. The summed E-state index contributed by atoms with van der Waals surface area (Å²) in [6.45, 7) is 0.490. The van der Waals surface area contributed by atoms with Gasteiger partial charge in [0.15, 0.2) is 5.60 Å². The number of thioether (sulfide) groups is 1. The van der Waals surface area contributed by atoms with E-state index in [9.17, 15) is 14.7 Å². The van der Waals surface area contributed by atoms with Crippen LogP contribution in [-0.2, 0) is 16.1 Å². The molecule has 1 aliphatic heterocycles. The number of nitrogens with zero attached hydrogens (tertiary/aromatic N) is 3. The quantitative estimate of drug-likeness (QED) is 0.382. The molecule has 0 bridgehead atoms. The lowest BCUT2D eigenvalue weighted by Gasteiger charge is -2.30. The maximum absolute atomic E-state index is 13.0. The highest BCUT2D eigenvalue weighted by molar-refractivity contribution is 8.00. The van der Waals surface area contributed by atoms with Crippen LogP contribution in [0.3, 0.4) is 0 Å². The van der Waals surface area contributed by atoms with Gasteiger partial charge in [-0.3, -0.25) is 14.6 Å². The highest BCUT2D eigenvalue weighted by atomic mass is 32.2. The molecule has 4 heterocycles. The Morgan fingerprint density at radius 3 is 2.97 bits per heavy atom. The Morgan fingerprint density at radius 2 is 2.17 bits per heavy atom. The van der Waals surface area contributed by atoms with Gasteiger partial charge < -0.3 is 25.8 Å². The van der Waals surface area contributed by atoms with Gasteiger partial charge in [-0.15, -0.1) is 11.8 Å². The van der Waals surface area contributed by atoms with Crippen molar-refractivity contribution in [1.82, 2.24) is 20.3 Å². The Bertz CT molecular complexity index is 1330. The second-order valence-electron chi connectivity index (χ2n) is 8.33. The van der Waals surface area contributed by atoms with Gasteiger partial charge >= 0.3 is 0 Å². The molecule has 0 spiro atoms. The molecule has 35 heavy (non-hydrogen) atoms. The number of fused-ring (bicyclic) bond motifs is 2.